The maximum absolute atomic E-state index is 12.0. The first-order chi connectivity index (χ1) is 14.3. The molecule has 0 saturated heterocycles. The van der Waals surface area contributed by atoms with Crippen molar-refractivity contribution < 1.29 is 9.90 Å². The first-order valence-electron chi connectivity index (χ1n) is 10.6. The van der Waals surface area contributed by atoms with Crippen LogP contribution in [0.15, 0.2) is 42.5 Å². The zero-order valence-electron chi connectivity index (χ0n) is 18.7. The van der Waals surface area contributed by atoms with Gasteiger partial charge in [-0.3, -0.25) is 0 Å². The number of aromatic nitrogens is 1. The van der Waals surface area contributed by atoms with Crippen molar-refractivity contribution in [3.63, 3.8) is 0 Å². The molecule has 0 spiro atoms. The second kappa shape index (κ2) is 9.31. The van der Waals surface area contributed by atoms with E-state index in [0.717, 1.165) is 23.4 Å². The number of nitrogens with zero attached hydrogens (tertiary/aromatic N) is 1. The van der Waals surface area contributed by atoms with E-state index in [1.54, 1.807) is 0 Å². The lowest BCUT2D eigenvalue weighted by Gasteiger charge is -2.13. The maximum Gasteiger partial charge on any atom is 0.337 e. The molecule has 0 amide bonds. The molecule has 3 rings (SSSR count). The standard InChI is InChI=1S/C26H32N2O2/c1-6-21-9-11-22(12-10-21)14-27-15-24-19(4)28(20(5)25(24)26(29)30)16-23-13-17(2)7-8-18(23)3/h7-13,27H,6,14-16H2,1-5H3,(H,29,30). The molecule has 1 heterocycles. The third-order valence-corrected chi connectivity index (χ3v) is 6.02. The van der Waals surface area contributed by atoms with Crippen LogP contribution in [0.3, 0.4) is 0 Å². The van der Waals surface area contributed by atoms with E-state index in [4.69, 9.17) is 0 Å². The second-order valence-corrected chi connectivity index (χ2v) is 8.12. The molecule has 3 aromatic rings. The van der Waals surface area contributed by atoms with Gasteiger partial charge in [-0.1, -0.05) is 55.0 Å². The zero-order chi connectivity index (χ0) is 21.8. The van der Waals surface area contributed by atoms with E-state index >= 15 is 0 Å². The number of aryl methyl sites for hydroxylation is 3. The SMILES string of the molecule is CCc1ccc(CNCc2c(C(=O)O)c(C)n(Cc3cc(C)ccc3C)c2C)cc1. The van der Waals surface area contributed by atoms with Crippen molar-refractivity contribution in [3.8, 4) is 0 Å². The predicted molar refractivity (Wildman–Crippen MR) is 122 cm³/mol. The smallest absolute Gasteiger partial charge is 0.337 e. The number of hydrogen-bond donors (Lipinski definition) is 2. The topological polar surface area (TPSA) is 54.3 Å². The van der Waals surface area contributed by atoms with Crippen LogP contribution in [-0.2, 0) is 26.1 Å². The van der Waals surface area contributed by atoms with Gasteiger partial charge in [-0.05, 0) is 56.4 Å². The molecule has 4 heteroatoms. The summed E-state index contributed by atoms with van der Waals surface area (Å²) < 4.78 is 2.14. The Hall–Kier alpha value is -2.85. The third-order valence-electron chi connectivity index (χ3n) is 6.02. The summed E-state index contributed by atoms with van der Waals surface area (Å²) in [5.41, 5.74) is 9.30. The van der Waals surface area contributed by atoms with Crippen molar-refractivity contribution in [2.75, 3.05) is 0 Å². The van der Waals surface area contributed by atoms with Crippen molar-refractivity contribution >= 4 is 5.97 Å². The van der Waals surface area contributed by atoms with Crippen molar-refractivity contribution in [1.29, 1.82) is 0 Å². The van der Waals surface area contributed by atoms with Crippen LogP contribution in [0.25, 0.3) is 0 Å². The largest absolute Gasteiger partial charge is 0.478 e. The fraction of sp³-hybridized carbons (Fsp3) is 0.346. The highest BCUT2D eigenvalue weighted by molar-refractivity contribution is 5.91. The lowest BCUT2D eigenvalue weighted by Crippen LogP contribution is -2.15. The maximum atomic E-state index is 12.0. The first-order valence-corrected chi connectivity index (χ1v) is 10.6. The first kappa shape index (κ1) is 21.8. The summed E-state index contributed by atoms with van der Waals surface area (Å²) in [6.45, 7) is 12.2. The number of carboxylic acid groups (broad SMARTS) is 1. The Morgan fingerprint density at radius 1 is 0.933 bits per heavy atom. The minimum Gasteiger partial charge on any atom is -0.478 e. The summed E-state index contributed by atoms with van der Waals surface area (Å²) in [6.07, 6.45) is 1.03. The van der Waals surface area contributed by atoms with E-state index in [-0.39, 0.29) is 0 Å². The minimum absolute atomic E-state index is 0.423. The number of benzene rings is 2. The Bertz CT molecular complexity index is 1050. The van der Waals surface area contributed by atoms with Crippen molar-refractivity contribution in [2.24, 2.45) is 0 Å². The van der Waals surface area contributed by atoms with Gasteiger partial charge in [0.2, 0.25) is 0 Å². The van der Waals surface area contributed by atoms with Crippen LogP contribution < -0.4 is 5.32 Å². The molecule has 0 aliphatic heterocycles. The van der Waals surface area contributed by atoms with Crippen LogP contribution in [0.2, 0.25) is 0 Å². The summed E-state index contributed by atoms with van der Waals surface area (Å²) in [5.74, 6) is -0.862. The quantitative estimate of drug-likeness (QED) is 0.534. The highest BCUT2D eigenvalue weighted by atomic mass is 16.4. The number of carboxylic acids is 1. The Labute approximate surface area is 179 Å². The van der Waals surface area contributed by atoms with Crippen molar-refractivity contribution in [1.82, 2.24) is 9.88 Å². The summed E-state index contributed by atoms with van der Waals surface area (Å²) in [7, 11) is 0. The normalized spacial score (nSPS) is 11.1. The molecule has 30 heavy (non-hydrogen) atoms. The Morgan fingerprint density at radius 2 is 1.60 bits per heavy atom. The summed E-state index contributed by atoms with van der Waals surface area (Å²) in [6, 6.07) is 15.0. The number of nitrogens with one attached hydrogen (secondary N) is 1. The number of rotatable bonds is 8. The molecule has 1 aromatic heterocycles. The van der Waals surface area contributed by atoms with Gasteiger partial charge in [-0.2, -0.15) is 0 Å². The van der Waals surface area contributed by atoms with Gasteiger partial charge >= 0.3 is 5.97 Å². The molecular weight excluding hydrogens is 372 g/mol. The molecule has 4 nitrogen and oxygen atoms in total. The molecule has 0 radical (unpaired) electrons. The van der Waals surface area contributed by atoms with E-state index in [1.165, 1.54) is 27.8 Å². The highest BCUT2D eigenvalue weighted by Crippen LogP contribution is 2.25. The summed E-state index contributed by atoms with van der Waals surface area (Å²) in [4.78, 5) is 12.0. The number of carbonyl (C=O) groups is 1. The molecule has 0 atom stereocenters. The molecule has 0 saturated carbocycles. The molecule has 0 fully saturated rings. The lowest BCUT2D eigenvalue weighted by molar-refractivity contribution is 0.0694. The van der Waals surface area contributed by atoms with E-state index in [9.17, 15) is 9.90 Å². The van der Waals surface area contributed by atoms with Gasteiger partial charge in [-0.25, -0.2) is 4.79 Å². The second-order valence-electron chi connectivity index (χ2n) is 8.12. The molecular formula is C26H32N2O2. The fourth-order valence-corrected chi connectivity index (χ4v) is 4.05. The molecule has 0 bridgehead atoms. The molecule has 158 valence electrons. The Morgan fingerprint density at radius 3 is 2.23 bits per heavy atom. The van der Waals surface area contributed by atoms with Crippen LogP contribution in [0, 0.1) is 27.7 Å². The molecule has 0 aliphatic rings. The Balaban J connectivity index is 1.83. The van der Waals surface area contributed by atoms with Crippen LogP contribution in [0.4, 0.5) is 0 Å². The van der Waals surface area contributed by atoms with E-state index in [0.29, 0.717) is 25.2 Å². The van der Waals surface area contributed by atoms with Crippen LogP contribution in [-0.4, -0.2) is 15.6 Å². The van der Waals surface area contributed by atoms with Crippen molar-refractivity contribution in [2.45, 2.75) is 60.7 Å². The fourth-order valence-electron chi connectivity index (χ4n) is 4.05. The average molecular weight is 405 g/mol. The van der Waals surface area contributed by atoms with E-state index < -0.39 is 5.97 Å². The lowest BCUT2D eigenvalue weighted by atomic mass is 10.1. The minimum atomic E-state index is -0.862. The zero-order valence-corrected chi connectivity index (χ0v) is 18.7. The van der Waals surface area contributed by atoms with Gasteiger partial charge in [0.15, 0.2) is 0 Å². The van der Waals surface area contributed by atoms with Gasteiger partial charge in [0, 0.05) is 36.6 Å². The van der Waals surface area contributed by atoms with Gasteiger partial charge in [0.25, 0.3) is 0 Å². The summed E-state index contributed by atoms with van der Waals surface area (Å²) in [5, 5.41) is 13.3. The third kappa shape index (κ3) is 4.65. The van der Waals surface area contributed by atoms with Crippen molar-refractivity contribution in [3.05, 3.63) is 92.8 Å². The molecule has 0 aliphatic carbocycles. The van der Waals surface area contributed by atoms with Crippen LogP contribution in [0.1, 0.15) is 62.1 Å². The van der Waals surface area contributed by atoms with Gasteiger partial charge < -0.3 is 15.0 Å². The molecule has 2 N–H and O–H groups in total. The number of aromatic carboxylic acids is 1. The van der Waals surface area contributed by atoms with Crippen LogP contribution >= 0.6 is 0 Å². The van der Waals surface area contributed by atoms with Gasteiger partial charge in [0.1, 0.15) is 0 Å². The van der Waals surface area contributed by atoms with E-state index in [1.807, 2.05) is 13.8 Å². The van der Waals surface area contributed by atoms with Gasteiger partial charge in [-0.15, -0.1) is 0 Å². The van der Waals surface area contributed by atoms with Gasteiger partial charge in [0.05, 0.1) is 5.56 Å². The summed E-state index contributed by atoms with van der Waals surface area (Å²) >= 11 is 0. The van der Waals surface area contributed by atoms with Crippen LogP contribution in [0.5, 0.6) is 0 Å². The highest BCUT2D eigenvalue weighted by Gasteiger charge is 2.22. The number of hydrogen-bond acceptors (Lipinski definition) is 2. The predicted octanol–water partition coefficient (Wildman–Crippen LogP) is 5.32. The van der Waals surface area contributed by atoms with E-state index in [2.05, 4.69) is 73.1 Å². The molecule has 0 unspecified atom stereocenters. The Kier molecular flexibility index (Phi) is 6.78. The molecule has 2 aromatic carbocycles. The monoisotopic (exact) mass is 404 g/mol. The average Bonchev–Trinajstić information content (AvgIpc) is 2.95.